The lowest BCUT2D eigenvalue weighted by Crippen LogP contribution is -2.08. The zero-order valence-electron chi connectivity index (χ0n) is 11.1. The Kier molecular flexibility index (Phi) is 3.40. The van der Waals surface area contributed by atoms with Gasteiger partial charge in [-0.3, -0.25) is 0 Å². The van der Waals surface area contributed by atoms with Gasteiger partial charge < -0.3 is 0 Å². The fourth-order valence-corrected chi connectivity index (χ4v) is 2.10. The van der Waals surface area contributed by atoms with Gasteiger partial charge in [0, 0.05) is 0 Å². The second-order valence-corrected chi connectivity index (χ2v) is 4.85. The molecule has 19 heavy (non-hydrogen) atoms. The molecule has 0 spiro atoms. The molecule has 0 fully saturated rings. The van der Waals surface area contributed by atoms with Gasteiger partial charge in [-0.05, 0) is 49.1 Å². The van der Waals surface area contributed by atoms with Crippen LogP contribution in [0, 0.1) is 20.8 Å². The van der Waals surface area contributed by atoms with Gasteiger partial charge in [-0.15, -0.1) is 0 Å². The van der Waals surface area contributed by atoms with Crippen LogP contribution in [0.3, 0.4) is 0 Å². The standard InChI is InChI=1S/C16H15F3/c1-10-5-4-6-13(7-10)14-8-11(2)12(3)9-15(14)16(17,18)19/h4-9H,1-3H3. The summed E-state index contributed by atoms with van der Waals surface area (Å²) in [5, 5.41) is 0. The average Bonchev–Trinajstić information content (AvgIpc) is 2.30. The second kappa shape index (κ2) is 4.72. The molecule has 2 aromatic carbocycles. The van der Waals surface area contributed by atoms with Gasteiger partial charge in [0.25, 0.3) is 0 Å². The lowest BCUT2D eigenvalue weighted by molar-refractivity contribution is -0.137. The van der Waals surface area contributed by atoms with Crippen LogP contribution in [0.2, 0.25) is 0 Å². The Balaban J connectivity index is 2.71. The molecular weight excluding hydrogens is 249 g/mol. The van der Waals surface area contributed by atoms with Crippen LogP contribution < -0.4 is 0 Å². The van der Waals surface area contributed by atoms with Crippen LogP contribution >= 0.6 is 0 Å². The van der Waals surface area contributed by atoms with Crippen LogP contribution in [0.25, 0.3) is 11.1 Å². The van der Waals surface area contributed by atoms with Gasteiger partial charge in [0.2, 0.25) is 0 Å². The summed E-state index contributed by atoms with van der Waals surface area (Å²) < 4.78 is 39.4. The van der Waals surface area contributed by atoms with Crippen molar-refractivity contribution in [3.05, 3.63) is 58.7 Å². The van der Waals surface area contributed by atoms with Gasteiger partial charge in [-0.25, -0.2) is 0 Å². The van der Waals surface area contributed by atoms with Crippen LogP contribution in [0.5, 0.6) is 0 Å². The van der Waals surface area contributed by atoms with Gasteiger partial charge in [0.05, 0.1) is 5.56 Å². The first-order valence-electron chi connectivity index (χ1n) is 6.04. The minimum atomic E-state index is -4.34. The summed E-state index contributed by atoms with van der Waals surface area (Å²) in [6, 6.07) is 9.99. The van der Waals surface area contributed by atoms with Crippen molar-refractivity contribution < 1.29 is 13.2 Å². The number of rotatable bonds is 1. The van der Waals surface area contributed by atoms with Crippen molar-refractivity contribution in [2.24, 2.45) is 0 Å². The normalized spacial score (nSPS) is 11.7. The van der Waals surface area contributed by atoms with Crippen molar-refractivity contribution >= 4 is 0 Å². The highest BCUT2D eigenvalue weighted by molar-refractivity contribution is 5.70. The molecule has 0 N–H and O–H groups in total. The van der Waals surface area contributed by atoms with Gasteiger partial charge in [-0.2, -0.15) is 13.2 Å². The van der Waals surface area contributed by atoms with E-state index in [-0.39, 0.29) is 5.56 Å². The smallest absolute Gasteiger partial charge is 0.166 e. The maximum atomic E-state index is 13.1. The highest BCUT2D eigenvalue weighted by Crippen LogP contribution is 2.38. The zero-order valence-corrected chi connectivity index (χ0v) is 11.1. The fourth-order valence-electron chi connectivity index (χ4n) is 2.10. The van der Waals surface area contributed by atoms with E-state index < -0.39 is 11.7 Å². The van der Waals surface area contributed by atoms with Crippen LogP contribution in [-0.4, -0.2) is 0 Å². The predicted octanol–water partition coefficient (Wildman–Crippen LogP) is 5.30. The molecule has 0 aliphatic rings. The summed E-state index contributed by atoms with van der Waals surface area (Å²) in [6.45, 7) is 5.40. The summed E-state index contributed by atoms with van der Waals surface area (Å²) >= 11 is 0. The quantitative estimate of drug-likeness (QED) is 0.655. The minimum Gasteiger partial charge on any atom is -0.166 e. The van der Waals surface area contributed by atoms with Crippen LogP contribution in [-0.2, 0) is 6.18 Å². The first-order chi connectivity index (χ1) is 8.79. The average molecular weight is 264 g/mol. The van der Waals surface area contributed by atoms with Crippen molar-refractivity contribution in [3.8, 4) is 11.1 Å². The van der Waals surface area contributed by atoms with E-state index in [4.69, 9.17) is 0 Å². The molecule has 0 heterocycles. The molecule has 0 unspecified atom stereocenters. The summed E-state index contributed by atoms with van der Waals surface area (Å²) in [6.07, 6.45) is -4.34. The monoisotopic (exact) mass is 264 g/mol. The van der Waals surface area contributed by atoms with Gasteiger partial charge in [-0.1, -0.05) is 35.9 Å². The lowest BCUT2D eigenvalue weighted by atomic mass is 9.93. The van der Waals surface area contributed by atoms with Crippen LogP contribution in [0.1, 0.15) is 22.3 Å². The predicted molar refractivity (Wildman–Crippen MR) is 71.1 cm³/mol. The number of alkyl halides is 3. The largest absolute Gasteiger partial charge is 0.417 e. The van der Waals surface area contributed by atoms with E-state index in [2.05, 4.69) is 0 Å². The van der Waals surface area contributed by atoms with Gasteiger partial charge >= 0.3 is 6.18 Å². The van der Waals surface area contributed by atoms with E-state index in [0.717, 1.165) is 11.1 Å². The first-order valence-corrected chi connectivity index (χ1v) is 6.04. The summed E-state index contributed by atoms with van der Waals surface area (Å²) in [5.74, 6) is 0. The Morgan fingerprint density at radius 2 is 1.47 bits per heavy atom. The molecule has 0 radical (unpaired) electrons. The molecular formula is C16H15F3. The van der Waals surface area contributed by atoms with E-state index >= 15 is 0 Å². The highest BCUT2D eigenvalue weighted by Gasteiger charge is 2.34. The number of hydrogen-bond acceptors (Lipinski definition) is 0. The molecule has 100 valence electrons. The summed E-state index contributed by atoms with van der Waals surface area (Å²) in [7, 11) is 0. The molecule has 0 saturated carbocycles. The molecule has 0 aliphatic carbocycles. The van der Waals surface area contributed by atoms with Crippen molar-refractivity contribution in [3.63, 3.8) is 0 Å². The topological polar surface area (TPSA) is 0 Å². The molecule has 0 bridgehead atoms. The Hall–Kier alpha value is -1.77. The number of benzene rings is 2. The van der Waals surface area contributed by atoms with Crippen molar-refractivity contribution in [1.82, 2.24) is 0 Å². The molecule has 0 aliphatic heterocycles. The lowest BCUT2D eigenvalue weighted by Gasteiger charge is -2.16. The molecule has 0 nitrogen and oxygen atoms in total. The van der Waals surface area contributed by atoms with E-state index in [0.29, 0.717) is 11.1 Å². The molecule has 0 amide bonds. The second-order valence-electron chi connectivity index (χ2n) is 4.85. The molecule has 0 aromatic heterocycles. The van der Waals surface area contributed by atoms with Gasteiger partial charge in [0.1, 0.15) is 0 Å². The maximum Gasteiger partial charge on any atom is 0.417 e. The highest BCUT2D eigenvalue weighted by atomic mass is 19.4. The van der Waals surface area contributed by atoms with Crippen LogP contribution in [0.15, 0.2) is 36.4 Å². The summed E-state index contributed by atoms with van der Waals surface area (Å²) in [4.78, 5) is 0. The van der Waals surface area contributed by atoms with Crippen molar-refractivity contribution in [2.75, 3.05) is 0 Å². The van der Waals surface area contributed by atoms with Crippen LogP contribution in [0.4, 0.5) is 13.2 Å². The van der Waals surface area contributed by atoms with Gasteiger partial charge in [0.15, 0.2) is 0 Å². The number of hydrogen-bond donors (Lipinski definition) is 0. The molecule has 0 saturated heterocycles. The van der Waals surface area contributed by atoms with E-state index in [1.54, 1.807) is 31.2 Å². The number of aryl methyl sites for hydroxylation is 3. The first kappa shape index (κ1) is 13.7. The number of halogens is 3. The van der Waals surface area contributed by atoms with E-state index in [9.17, 15) is 13.2 Å². The fraction of sp³-hybridized carbons (Fsp3) is 0.250. The molecule has 3 heteroatoms. The van der Waals surface area contributed by atoms with E-state index in [1.807, 2.05) is 19.9 Å². The maximum absolute atomic E-state index is 13.1. The van der Waals surface area contributed by atoms with Crippen molar-refractivity contribution in [1.29, 1.82) is 0 Å². The SMILES string of the molecule is Cc1cccc(-c2cc(C)c(C)cc2C(F)(F)F)c1. The third-order valence-corrected chi connectivity index (χ3v) is 3.27. The van der Waals surface area contributed by atoms with E-state index in [1.165, 1.54) is 6.07 Å². The molecule has 0 atom stereocenters. The Morgan fingerprint density at radius 1 is 0.842 bits per heavy atom. The third-order valence-electron chi connectivity index (χ3n) is 3.27. The Labute approximate surface area is 110 Å². The summed E-state index contributed by atoms with van der Waals surface area (Å²) in [5.41, 5.74) is 2.76. The molecule has 2 aromatic rings. The Bertz CT molecular complexity index is 610. The zero-order chi connectivity index (χ0) is 14.2. The molecule has 2 rings (SSSR count). The minimum absolute atomic E-state index is 0.249. The third kappa shape index (κ3) is 2.80. The van der Waals surface area contributed by atoms with Crippen molar-refractivity contribution in [2.45, 2.75) is 26.9 Å². The Morgan fingerprint density at radius 3 is 2.05 bits per heavy atom.